The zero-order chi connectivity index (χ0) is 27.0. The fourth-order valence-electron chi connectivity index (χ4n) is 5.65. The molecule has 208 valence electrons. The minimum atomic E-state index is 0.135. The molecule has 0 radical (unpaired) electrons. The molecule has 3 heterocycles. The van der Waals surface area contributed by atoms with E-state index in [0.29, 0.717) is 12.6 Å². The third kappa shape index (κ3) is 7.63. The number of hydrogen-bond acceptors (Lipinski definition) is 5. The Morgan fingerprint density at radius 3 is 2.13 bits per heavy atom. The number of halogens is 1. The number of piperazine rings is 1. The second kappa shape index (κ2) is 13.8. The summed E-state index contributed by atoms with van der Waals surface area (Å²) in [6, 6.07) is 19.8. The number of thiophene rings is 1. The summed E-state index contributed by atoms with van der Waals surface area (Å²) in [7, 11) is 0. The summed E-state index contributed by atoms with van der Waals surface area (Å²) in [4.78, 5) is 21.1. The molecule has 2 saturated heterocycles. The molecule has 0 atom stereocenters. The normalized spacial score (nSPS) is 17.4. The van der Waals surface area contributed by atoms with Crippen LogP contribution in [0.4, 0.5) is 0 Å². The molecule has 0 unspecified atom stereocenters. The van der Waals surface area contributed by atoms with Gasteiger partial charge in [0.1, 0.15) is 10.6 Å². The molecule has 0 saturated carbocycles. The number of amides is 1. The second-order valence-corrected chi connectivity index (χ2v) is 12.1. The van der Waals surface area contributed by atoms with Crippen LogP contribution in [0.5, 0.6) is 5.75 Å². The maximum absolute atomic E-state index is 13.1. The molecule has 0 bridgehead atoms. The molecule has 1 amide bonds. The summed E-state index contributed by atoms with van der Waals surface area (Å²) >= 11 is 7.50. The lowest BCUT2D eigenvalue weighted by molar-refractivity contribution is 0.0469. The molecule has 7 heteroatoms. The minimum absolute atomic E-state index is 0.135. The quantitative estimate of drug-likeness (QED) is 0.285. The molecule has 2 aromatic carbocycles. The van der Waals surface area contributed by atoms with E-state index in [0.717, 1.165) is 93.6 Å². The van der Waals surface area contributed by atoms with Gasteiger partial charge in [-0.05, 0) is 72.4 Å². The number of likely N-dealkylation sites (tertiary alicyclic amines) is 1. The van der Waals surface area contributed by atoms with Crippen molar-refractivity contribution in [3.8, 4) is 5.75 Å². The van der Waals surface area contributed by atoms with E-state index in [1.54, 1.807) is 0 Å². The number of rotatable bonds is 10. The molecule has 0 spiro atoms. The molecule has 1 aromatic heterocycles. The topological polar surface area (TPSA) is 36.0 Å². The molecule has 2 fully saturated rings. The molecule has 5 rings (SSSR count). The van der Waals surface area contributed by atoms with Crippen molar-refractivity contribution in [2.24, 2.45) is 0 Å². The molecule has 3 aromatic rings. The van der Waals surface area contributed by atoms with E-state index in [1.165, 1.54) is 28.0 Å². The first-order valence-electron chi connectivity index (χ1n) is 14.4. The molecule has 2 aliphatic heterocycles. The van der Waals surface area contributed by atoms with Gasteiger partial charge in [-0.1, -0.05) is 54.9 Å². The van der Waals surface area contributed by atoms with Crippen LogP contribution in [-0.2, 0) is 19.4 Å². The lowest BCUT2D eigenvalue weighted by Gasteiger charge is -2.42. The van der Waals surface area contributed by atoms with Gasteiger partial charge in [0, 0.05) is 56.9 Å². The Balaban J connectivity index is 1.03. The molecule has 0 aliphatic carbocycles. The van der Waals surface area contributed by atoms with Crippen LogP contribution >= 0.6 is 22.9 Å². The standard InChI is InChI=1S/C32H40ClN3O2S/c1-2-22-38-30-15-23-39-31(30)32(37)36-16-13-29(14-17-36)35-20-18-34(19-21-35)24-27-7-5-25(6-8-27)3-4-26-9-11-28(33)12-10-26/h5-12,15,23,29H,2-4,13-14,16-22,24H2,1H3. The number of ether oxygens (including phenoxy) is 1. The summed E-state index contributed by atoms with van der Waals surface area (Å²) in [6.07, 6.45) is 5.14. The van der Waals surface area contributed by atoms with Gasteiger partial charge in [0.05, 0.1) is 6.61 Å². The van der Waals surface area contributed by atoms with Gasteiger partial charge in [-0.15, -0.1) is 11.3 Å². The number of piperidine rings is 1. The Labute approximate surface area is 242 Å². The zero-order valence-electron chi connectivity index (χ0n) is 23.0. The lowest BCUT2D eigenvalue weighted by atomic mass is 10.0. The SMILES string of the molecule is CCCOc1ccsc1C(=O)N1CCC(N2CCN(Cc3ccc(CCc4ccc(Cl)cc4)cc3)CC2)CC1. The first-order valence-corrected chi connectivity index (χ1v) is 15.6. The van der Waals surface area contributed by atoms with Crippen molar-refractivity contribution in [2.75, 3.05) is 45.9 Å². The van der Waals surface area contributed by atoms with Gasteiger partial charge in [0.15, 0.2) is 0 Å². The van der Waals surface area contributed by atoms with Crippen LogP contribution in [0.3, 0.4) is 0 Å². The van der Waals surface area contributed by atoms with Gasteiger partial charge in [-0.2, -0.15) is 0 Å². The summed E-state index contributed by atoms with van der Waals surface area (Å²) in [5.74, 6) is 0.882. The molecular weight excluding hydrogens is 526 g/mol. The van der Waals surface area contributed by atoms with Crippen molar-refractivity contribution in [2.45, 2.75) is 51.6 Å². The third-order valence-corrected chi connectivity index (χ3v) is 9.14. The average Bonchev–Trinajstić information content (AvgIpc) is 3.45. The van der Waals surface area contributed by atoms with Gasteiger partial charge in [-0.25, -0.2) is 0 Å². The molecule has 5 nitrogen and oxygen atoms in total. The van der Waals surface area contributed by atoms with E-state index in [-0.39, 0.29) is 5.91 Å². The van der Waals surface area contributed by atoms with E-state index in [4.69, 9.17) is 16.3 Å². The van der Waals surface area contributed by atoms with Gasteiger partial charge < -0.3 is 9.64 Å². The van der Waals surface area contributed by atoms with Gasteiger partial charge >= 0.3 is 0 Å². The first kappa shape index (κ1) is 28.2. The Kier molecular flexibility index (Phi) is 9.96. The predicted octanol–water partition coefficient (Wildman–Crippen LogP) is 6.40. The highest BCUT2D eigenvalue weighted by molar-refractivity contribution is 7.12. The largest absolute Gasteiger partial charge is 0.492 e. The second-order valence-electron chi connectivity index (χ2n) is 10.7. The lowest BCUT2D eigenvalue weighted by Crippen LogP contribution is -2.53. The number of benzene rings is 2. The monoisotopic (exact) mass is 565 g/mol. The van der Waals surface area contributed by atoms with E-state index in [9.17, 15) is 4.79 Å². The summed E-state index contributed by atoms with van der Waals surface area (Å²) in [5.41, 5.74) is 4.10. The van der Waals surface area contributed by atoms with Crippen LogP contribution in [-0.4, -0.2) is 72.5 Å². The zero-order valence-corrected chi connectivity index (χ0v) is 24.6. The van der Waals surface area contributed by atoms with Crippen molar-refractivity contribution >= 4 is 28.8 Å². The van der Waals surface area contributed by atoms with Gasteiger partial charge in [-0.3, -0.25) is 14.6 Å². The van der Waals surface area contributed by atoms with Crippen LogP contribution in [0.15, 0.2) is 60.0 Å². The molecule has 0 N–H and O–H groups in total. The summed E-state index contributed by atoms with van der Waals surface area (Å²) in [5, 5.41) is 2.75. The fraction of sp³-hybridized carbons (Fsp3) is 0.469. The van der Waals surface area contributed by atoms with Crippen molar-refractivity contribution in [3.05, 3.63) is 86.6 Å². The van der Waals surface area contributed by atoms with Crippen LogP contribution in [0.2, 0.25) is 5.02 Å². The fourth-order valence-corrected chi connectivity index (χ4v) is 6.58. The van der Waals surface area contributed by atoms with Crippen LogP contribution in [0.25, 0.3) is 0 Å². The van der Waals surface area contributed by atoms with E-state index in [2.05, 4.69) is 53.1 Å². The maximum atomic E-state index is 13.1. The third-order valence-electron chi connectivity index (χ3n) is 8.00. The number of carbonyl (C=O) groups is 1. The number of nitrogens with zero attached hydrogens (tertiary/aromatic N) is 3. The van der Waals surface area contributed by atoms with E-state index >= 15 is 0 Å². The van der Waals surface area contributed by atoms with Crippen molar-refractivity contribution in [3.63, 3.8) is 0 Å². The molecule has 39 heavy (non-hydrogen) atoms. The molecule has 2 aliphatic rings. The Hall–Kier alpha value is -2.38. The molecular formula is C32H40ClN3O2S. The van der Waals surface area contributed by atoms with Crippen LogP contribution < -0.4 is 4.74 Å². The Morgan fingerprint density at radius 1 is 0.872 bits per heavy atom. The first-order chi connectivity index (χ1) is 19.1. The van der Waals surface area contributed by atoms with Crippen molar-refractivity contribution in [1.82, 2.24) is 14.7 Å². The highest BCUT2D eigenvalue weighted by atomic mass is 35.5. The van der Waals surface area contributed by atoms with Crippen molar-refractivity contribution < 1.29 is 9.53 Å². The number of aryl methyl sites for hydroxylation is 2. The van der Waals surface area contributed by atoms with Crippen LogP contribution in [0.1, 0.15) is 52.5 Å². The Morgan fingerprint density at radius 2 is 1.49 bits per heavy atom. The summed E-state index contributed by atoms with van der Waals surface area (Å²) < 4.78 is 5.79. The minimum Gasteiger partial charge on any atom is -0.492 e. The van der Waals surface area contributed by atoms with Crippen LogP contribution in [0, 0.1) is 0 Å². The average molecular weight is 566 g/mol. The highest BCUT2D eigenvalue weighted by Crippen LogP contribution is 2.28. The summed E-state index contributed by atoms with van der Waals surface area (Å²) in [6.45, 7) is 9.84. The van der Waals surface area contributed by atoms with Crippen molar-refractivity contribution in [1.29, 1.82) is 0 Å². The van der Waals surface area contributed by atoms with E-state index < -0.39 is 0 Å². The van der Waals surface area contributed by atoms with Gasteiger partial charge in [0.25, 0.3) is 5.91 Å². The Bertz CT molecular complexity index is 1180. The van der Waals surface area contributed by atoms with E-state index in [1.807, 2.05) is 28.5 Å². The smallest absolute Gasteiger partial charge is 0.267 e. The number of carbonyl (C=O) groups excluding carboxylic acids is 1. The van der Waals surface area contributed by atoms with Gasteiger partial charge in [0.2, 0.25) is 0 Å². The highest BCUT2D eigenvalue weighted by Gasteiger charge is 2.30. The number of hydrogen-bond donors (Lipinski definition) is 0. The predicted molar refractivity (Wildman–Crippen MR) is 161 cm³/mol. The maximum Gasteiger partial charge on any atom is 0.267 e.